The van der Waals surface area contributed by atoms with E-state index in [2.05, 4.69) is 0 Å². The highest BCUT2D eigenvalue weighted by Gasteiger charge is 2.36. The van der Waals surface area contributed by atoms with Crippen LogP contribution in [0.3, 0.4) is 0 Å². The van der Waals surface area contributed by atoms with E-state index in [0.29, 0.717) is 0 Å². The van der Waals surface area contributed by atoms with Gasteiger partial charge in [-0.3, -0.25) is 14.3 Å². The zero-order valence-corrected chi connectivity index (χ0v) is 8.72. The van der Waals surface area contributed by atoms with Gasteiger partial charge in [-0.05, 0) is 6.85 Å². The molecule has 1 fully saturated rings. The van der Waals surface area contributed by atoms with Crippen LogP contribution < -0.4 is 11.2 Å². The Kier molecular flexibility index (Phi) is 2.24. The van der Waals surface area contributed by atoms with Crippen LogP contribution in [-0.4, -0.2) is 33.5 Å². The minimum atomic E-state index is -2.70. The molecule has 17 heavy (non-hydrogen) atoms. The molecule has 0 aromatic carbocycles. The molecule has 1 aliphatic heterocycles. The van der Waals surface area contributed by atoms with Crippen molar-refractivity contribution in [2.24, 2.45) is 0 Å². The highest BCUT2D eigenvalue weighted by atomic mass is 19.1. The van der Waals surface area contributed by atoms with Crippen molar-refractivity contribution in [3.8, 4) is 0 Å². The van der Waals surface area contributed by atoms with Crippen molar-refractivity contribution < 1.29 is 18.3 Å². The Morgan fingerprint density at radius 3 is 3.12 bits per heavy atom. The third-order valence-electron chi connectivity index (χ3n) is 2.62. The molecule has 1 aromatic rings. The molecule has 0 spiro atoms. The Morgan fingerprint density at radius 2 is 2.53 bits per heavy atom. The first kappa shape index (κ1) is 8.60. The van der Waals surface area contributed by atoms with Gasteiger partial charge in [-0.2, -0.15) is 0 Å². The first-order valence-corrected chi connectivity index (χ1v) is 5.00. The number of aliphatic hydroxyl groups excluding tert-OH is 1. The molecule has 0 amide bonds. The number of aryl methyl sites for hydroxylation is 1. The lowest BCUT2D eigenvalue weighted by Gasteiger charge is -2.14. The van der Waals surface area contributed by atoms with Crippen LogP contribution in [0.15, 0.2) is 15.8 Å². The topological polar surface area (TPSA) is 84.3 Å². The molecule has 2 rings (SSSR count). The number of aromatic amines is 1. The third-order valence-corrected chi connectivity index (χ3v) is 2.62. The Hall–Kier alpha value is -1.47. The van der Waals surface area contributed by atoms with Crippen molar-refractivity contribution >= 4 is 0 Å². The maximum Gasteiger partial charge on any atom is 0.330 e. The molecule has 1 aromatic heterocycles. The SMILES string of the molecule is [2H]C([2H])([2H])c1cn(C2CC(F)C(CO)O2)c(=O)[nH]c1=O. The number of aliphatic hydroxyl groups is 1. The van der Waals surface area contributed by atoms with E-state index in [-0.39, 0.29) is 6.42 Å². The molecular weight excluding hydrogens is 231 g/mol. The number of hydrogen-bond acceptors (Lipinski definition) is 4. The largest absolute Gasteiger partial charge is 0.394 e. The van der Waals surface area contributed by atoms with Gasteiger partial charge in [-0.15, -0.1) is 0 Å². The van der Waals surface area contributed by atoms with Gasteiger partial charge in [0.25, 0.3) is 5.56 Å². The van der Waals surface area contributed by atoms with E-state index in [1.165, 1.54) is 0 Å². The van der Waals surface area contributed by atoms with Crippen LogP contribution in [0.2, 0.25) is 0 Å². The lowest BCUT2D eigenvalue weighted by Crippen LogP contribution is -2.33. The van der Waals surface area contributed by atoms with Crippen LogP contribution in [-0.2, 0) is 4.74 Å². The minimum absolute atomic E-state index is 0.211. The number of nitrogens with one attached hydrogen (secondary N) is 1. The van der Waals surface area contributed by atoms with Gasteiger partial charge in [0.15, 0.2) is 0 Å². The summed E-state index contributed by atoms with van der Waals surface area (Å²) in [5.41, 5.74) is -2.48. The summed E-state index contributed by atoms with van der Waals surface area (Å²) in [5, 5.41) is 8.90. The van der Waals surface area contributed by atoms with E-state index >= 15 is 0 Å². The average Bonchev–Trinajstić information content (AvgIpc) is 2.68. The smallest absolute Gasteiger partial charge is 0.330 e. The van der Waals surface area contributed by atoms with Crippen molar-refractivity contribution in [2.45, 2.75) is 31.8 Å². The summed E-state index contributed by atoms with van der Waals surface area (Å²) >= 11 is 0. The Labute approximate surface area is 99.9 Å². The number of alkyl halides is 1. The summed E-state index contributed by atoms with van der Waals surface area (Å²) in [5.74, 6) is 0. The molecule has 0 radical (unpaired) electrons. The first-order valence-electron chi connectivity index (χ1n) is 6.50. The van der Waals surface area contributed by atoms with E-state index in [9.17, 15) is 14.0 Å². The van der Waals surface area contributed by atoms with Gasteiger partial charge in [-0.1, -0.05) is 0 Å². The molecule has 94 valence electrons. The maximum atomic E-state index is 13.5. The maximum absolute atomic E-state index is 13.5. The number of nitrogens with zero attached hydrogens (tertiary/aromatic N) is 1. The predicted octanol–water partition coefficient (Wildman–Crippen LogP) is -0.537. The Balaban J connectivity index is 2.43. The molecule has 0 aliphatic carbocycles. The highest BCUT2D eigenvalue weighted by Crippen LogP contribution is 2.29. The molecular formula is C10H13FN2O4. The summed E-state index contributed by atoms with van der Waals surface area (Å²) in [6.45, 7) is -3.25. The second-order valence-corrected chi connectivity index (χ2v) is 3.77. The van der Waals surface area contributed by atoms with Crippen LogP contribution in [0.4, 0.5) is 4.39 Å². The molecule has 2 heterocycles. The van der Waals surface area contributed by atoms with Crippen molar-refractivity contribution in [2.75, 3.05) is 6.61 Å². The van der Waals surface area contributed by atoms with Crippen molar-refractivity contribution in [3.05, 3.63) is 32.6 Å². The van der Waals surface area contributed by atoms with Crippen LogP contribution >= 0.6 is 0 Å². The molecule has 7 heteroatoms. The molecule has 0 saturated carbocycles. The molecule has 3 atom stereocenters. The fourth-order valence-electron chi connectivity index (χ4n) is 1.72. The van der Waals surface area contributed by atoms with Crippen LogP contribution in [0, 0.1) is 6.85 Å². The summed E-state index contributed by atoms with van der Waals surface area (Å²) in [6.07, 6.45) is -2.97. The van der Waals surface area contributed by atoms with E-state index < -0.39 is 48.8 Å². The third kappa shape index (κ3) is 2.16. The highest BCUT2D eigenvalue weighted by molar-refractivity contribution is 5.02. The fourth-order valence-corrected chi connectivity index (χ4v) is 1.72. The minimum Gasteiger partial charge on any atom is -0.394 e. The van der Waals surface area contributed by atoms with Crippen molar-refractivity contribution in [1.82, 2.24) is 9.55 Å². The Bertz CT molecular complexity index is 612. The zero-order chi connectivity index (χ0) is 15.1. The van der Waals surface area contributed by atoms with E-state index in [0.717, 1.165) is 10.8 Å². The van der Waals surface area contributed by atoms with Gasteiger partial charge in [0.2, 0.25) is 0 Å². The van der Waals surface area contributed by atoms with Gasteiger partial charge in [-0.25, -0.2) is 9.18 Å². The number of aromatic nitrogens is 2. The normalized spacial score (nSPS) is 31.9. The summed E-state index contributed by atoms with van der Waals surface area (Å²) in [6, 6.07) is 0. The van der Waals surface area contributed by atoms with Gasteiger partial charge in [0, 0.05) is 22.3 Å². The molecule has 2 N–H and O–H groups in total. The van der Waals surface area contributed by atoms with Crippen molar-refractivity contribution in [3.63, 3.8) is 0 Å². The summed E-state index contributed by atoms with van der Waals surface area (Å²) in [4.78, 5) is 25.0. The standard InChI is InChI=1S/C10H13FN2O4/c1-5-3-13(10(16)12-9(5)15)8-2-6(11)7(4-14)17-8/h3,6-8,14H,2,4H2,1H3,(H,12,15,16)/i1D3. The van der Waals surface area contributed by atoms with Crippen LogP contribution in [0.25, 0.3) is 0 Å². The van der Waals surface area contributed by atoms with Crippen LogP contribution in [0.5, 0.6) is 0 Å². The number of H-pyrrole nitrogens is 1. The second-order valence-electron chi connectivity index (χ2n) is 3.77. The predicted molar refractivity (Wildman–Crippen MR) is 56.6 cm³/mol. The zero-order valence-electron chi connectivity index (χ0n) is 11.7. The second kappa shape index (κ2) is 4.42. The monoisotopic (exact) mass is 247 g/mol. The molecule has 1 aliphatic rings. The summed E-state index contributed by atoms with van der Waals surface area (Å²) in [7, 11) is 0. The van der Waals surface area contributed by atoms with E-state index in [1.807, 2.05) is 4.98 Å². The lowest BCUT2D eigenvalue weighted by atomic mass is 10.2. The molecule has 3 unspecified atom stereocenters. The molecule has 1 saturated heterocycles. The Morgan fingerprint density at radius 1 is 1.76 bits per heavy atom. The number of rotatable bonds is 2. The first-order chi connectivity index (χ1) is 9.24. The molecule has 0 bridgehead atoms. The van der Waals surface area contributed by atoms with Gasteiger partial charge in [0.05, 0.1) is 6.61 Å². The van der Waals surface area contributed by atoms with E-state index in [1.54, 1.807) is 0 Å². The summed E-state index contributed by atoms with van der Waals surface area (Å²) < 4.78 is 41.1. The van der Waals surface area contributed by atoms with Gasteiger partial charge < -0.3 is 9.84 Å². The average molecular weight is 247 g/mol. The number of hydrogen-bond donors (Lipinski definition) is 2. The van der Waals surface area contributed by atoms with Crippen LogP contribution in [0.1, 0.15) is 22.3 Å². The number of halogens is 1. The lowest BCUT2D eigenvalue weighted by molar-refractivity contribution is -0.0356. The van der Waals surface area contributed by atoms with Crippen molar-refractivity contribution in [1.29, 1.82) is 0 Å². The quantitative estimate of drug-likeness (QED) is 0.735. The molecule has 6 nitrogen and oxygen atoms in total. The van der Waals surface area contributed by atoms with E-state index in [4.69, 9.17) is 14.0 Å². The van der Waals surface area contributed by atoms with Gasteiger partial charge in [0.1, 0.15) is 18.5 Å². The number of ether oxygens (including phenoxy) is 1. The fraction of sp³-hybridized carbons (Fsp3) is 0.600. The van der Waals surface area contributed by atoms with Gasteiger partial charge >= 0.3 is 5.69 Å².